The molecule has 0 atom stereocenters. The Bertz CT molecular complexity index is 582. The molecular formula is C12H16N6O. The fourth-order valence-electron chi connectivity index (χ4n) is 1.62. The van der Waals surface area contributed by atoms with E-state index in [9.17, 15) is 4.79 Å². The van der Waals surface area contributed by atoms with Gasteiger partial charge in [0.1, 0.15) is 12.4 Å². The Kier molecular flexibility index (Phi) is 4.19. The maximum atomic E-state index is 11.9. The van der Waals surface area contributed by atoms with Crippen LogP contribution in [0.4, 0.5) is 5.69 Å². The Balaban J connectivity index is 2.18. The van der Waals surface area contributed by atoms with Crippen LogP contribution in [0.15, 0.2) is 35.5 Å². The second-order valence-electron chi connectivity index (χ2n) is 4.08. The van der Waals surface area contributed by atoms with Crippen molar-refractivity contribution in [2.45, 2.75) is 6.54 Å². The second-order valence-corrected chi connectivity index (χ2v) is 4.08. The van der Waals surface area contributed by atoms with E-state index in [1.165, 1.54) is 10.7 Å². The van der Waals surface area contributed by atoms with Gasteiger partial charge in [0.2, 0.25) is 0 Å². The minimum atomic E-state index is -0.186. The van der Waals surface area contributed by atoms with Gasteiger partial charge in [-0.05, 0) is 6.07 Å². The Morgan fingerprint density at radius 2 is 2.11 bits per heavy atom. The van der Waals surface area contributed by atoms with Crippen LogP contribution < -0.4 is 16.2 Å². The molecule has 2 aromatic heterocycles. The van der Waals surface area contributed by atoms with Crippen LogP contribution in [0.25, 0.3) is 0 Å². The van der Waals surface area contributed by atoms with Gasteiger partial charge in [-0.1, -0.05) is 0 Å². The Labute approximate surface area is 110 Å². The van der Waals surface area contributed by atoms with E-state index in [0.29, 0.717) is 18.9 Å². The van der Waals surface area contributed by atoms with Crippen LogP contribution in [0.2, 0.25) is 0 Å². The first-order valence-electron chi connectivity index (χ1n) is 5.95. The Morgan fingerprint density at radius 1 is 1.37 bits per heavy atom. The van der Waals surface area contributed by atoms with Gasteiger partial charge in [0.15, 0.2) is 0 Å². The summed E-state index contributed by atoms with van der Waals surface area (Å²) in [6.07, 6.45) is 4.91. The molecule has 0 saturated carbocycles. The van der Waals surface area contributed by atoms with Crippen LogP contribution in [-0.2, 0) is 6.54 Å². The van der Waals surface area contributed by atoms with Crippen LogP contribution in [-0.4, -0.2) is 39.9 Å². The summed E-state index contributed by atoms with van der Waals surface area (Å²) in [6, 6.07) is 3.26. The summed E-state index contributed by atoms with van der Waals surface area (Å²) in [6.45, 7) is 1.46. The van der Waals surface area contributed by atoms with E-state index in [1.54, 1.807) is 24.7 Å². The number of rotatable bonds is 5. The van der Waals surface area contributed by atoms with Crippen LogP contribution in [0, 0.1) is 0 Å². The van der Waals surface area contributed by atoms with E-state index < -0.39 is 0 Å². The topological polar surface area (TPSA) is 89.9 Å². The minimum Gasteiger partial charge on any atom is -0.372 e. The highest BCUT2D eigenvalue weighted by Gasteiger charge is 2.05. The molecule has 0 aliphatic heterocycles. The fraction of sp³-hybridized carbons (Fsp3) is 0.333. The number of nitrogens with two attached hydrogens (primary N) is 1. The lowest BCUT2D eigenvalue weighted by atomic mass is 10.4. The van der Waals surface area contributed by atoms with Crippen molar-refractivity contribution in [3.63, 3.8) is 0 Å². The first kappa shape index (κ1) is 13.2. The number of hydrogen-bond acceptors (Lipinski definition) is 6. The van der Waals surface area contributed by atoms with Crippen molar-refractivity contribution in [1.82, 2.24) is 19.7 Å². The average molecular weight is 260 g/mol. The van der Waals surface area contributed by atoms with E-state index in [-0.39, 0.29) is 12.1 Å². The van der Waals surface area contributed by atoms with Crippen molar-refractivity contribution >= 4 is 5.69 Å². The summed E-state index contributed by atoms with van der Waals surface area (Å²) in [5.74, 6) is 0.556. The minimum absolute atomic E-state index is 0.186. The number of aromatic nitrogens is 4. The zero-order valence-corrected chi connectivity index (χ0v) is 10.7. The second kappa shape index (κ2) is 6.05. The molecule has 100 valence electrons. The van der Waals surface area contributed by atoms with Gasteiger partial charge in [0, 0.05) is 38.6 Å². The molecular weight excluding hydrogens is 244 g/mol. The smallest absolute Gasteiger partial charge is 0.269 e. The van der Waals surface area contributed by atoms with Crippen molar-refractivity contribution < 1.29 is 0 Å². The van der Waals surface area contributed by atoms with E-state index in [0.717, 1.165) is 5.69 Å². The number of likely N-dealkylation sites (N-methyl/N-ethyl adjacent to an activating group) is 1. The molecule has 0 amide bonds. The van der Waals surface area contributed by atoms with Gasteiger partial charge in [-0.3, -0.25) is 4.79 Å². The Hall–Kier alpha value is -2.28. The molecule has 7 nitrogen and oxygen atoms in total. The van der Waals surface area contributed by atoms with Crippen molar-refractivity contribution in [3.05, 3.63) is 46.9 Å². The standard InChI is InChI=1S/C12H16N6O/c1-17(6-3-13)10-7-12(19)18(16-8-10)9-11-14-4-2-5-15-11/h2,4-5,7-8H,3,6,9,13H2,1H3. The zero-order valence-electron chi connectivity index (χ0n) is 10.7. The Morgan fingerprint density at radius 3 is 2.74 bits per heavy atom. The lowest BCUT2D eigenvalue weighted by Gasteiger charge is -2.17. The summed E-state index contributed by atoms with van der Waals surface area (Å²) in [5, 5.41) is 4.12. The monoisotopic (exact) mass is 260 g/mol. The maximum Gasteiger partial charge on any atom is 0.269 e. The molecule has 2 heterocycles. The molecule has 7 heteroatoms. The quantitative estimate of drug-likeness (QED) is 0.777. The number of anilines is 1. The summed E-state index contributed by atoms with van der Waals surface area (Å²) in [5.41, 5.74) is 6.04. The summed E-state index contributed by atoms with van der Waals surface area (Å²) >= 11 is 0. The molecule has 19 heavy (non-hydrogen) atoms. The largest absolute Gasteiger partial charge is 0.372 e. The molecule has 0 bridgehead atoms. The molecule has 2 N–H and O–H groups in total. The molecule has 0 spiro atoms. The third-order valence-electron chi connectivity index (χ3n) is 2.67. The molecule has 0 aliphatic rings. The molecule has 0 radical (unpaired) electrons. The third kappa shape index (κ3) is 3.35. The summed E-state index contributed by atoms with van der Waals surface area (Å²) < 4.78 is 1.33. The molecule has 2 rings (SSSR count). The predicted molar refractivity (Wildman–Crippen MR) is 72.0 cm³/mol. The van der Waals surface area contributed by atoms with Gasteiger partial charge in [0.05, 0.1) is 11.9 Å². The van der Waals surface area contributed by atoms with Gasteiger partial charge in [0.25, 0.3) is 5.56 Å². The predicted octanol–water partition coefficient (Wildman–Crippen LogP) is -0.523. The first-order valence-corrected chi connectivity index (χ1v) is 5.95. The third-order valence-corrected chi connectivity index (χ3v) is 2.67. The van der Waals surface area contributed by atoms with Gasteiger partial charge in [-0.15, -0.1) is 0 Å². The van der Waals surface area contributed by atoms with Crippen LogP contribution in [0.5, 0.6) is 0 Å². The van der Waals surface area contributed by atoms with E-state index in [1.807, 2.05) is 11.9 Å². The highest BCUT2D eigenvalue weighted by Crippen LogP contribution is 2.05. The van der Waals surface area contributed by atoms with Crippen molar-refractivity contribution in [2.75, 3.05) is 25.0 Å². The maximum absolute atomic E-state index is 11.9. The SMILES string of the molecule is CN(CCN)c1cnn(Cc2ncccn2)c(=O)c1. The number of nitrogens with zero attached hydrogens (tertiary/aromatic N) is 5. The van der Waals surface area contributed by atoms with E-state index in [4.69, 9.17) is 5.73 Å². The van der Waals surface area contributed by atoms with Gasteiger partial charge in [-0.25, -0.2) is 14.6 Å². The van der Waals surface area contributed by atoms with Crippen LogP contribution in [0.3, 0.4) is 0 Å². The van der Waals surface area contributed by atoms with Gasteiger partial charge < -0.3 is 10.6 Å². The summed E-state index contributed by atoms with van der Waals surface area (Å²) in [4.78, 5) is 22.0. The van der Waals surface area contributed by atoms with Gasteiger partial charge >= 0.3 is 0 Å². The summed E-state index contributed by atoms with van der Waals surface area (Å²) in [7, 11) is 1.87. The lowest BCUT2D eigenvalue weighted by molar-refractivity contribution is 0.612. The zero-order chi connectivity index (χ0) is 13.7. The molecule has 0 unspecified atom stereocenters. The molecule has 0 aromatic carbocycles. The highest BCUT2D eigenvalue weighted by atomic mass is 16.1. The van der Waals surface area contributed by atoms with E-state index >= 15 is 0 Å². The molecule has 2 aromatic rings. The van der Waals surface area contributed by atoms with E-state index in [2.05, 4.69) is 15.1 Å². The molecule has 0 fully saturated rings. The molecule has 0 aliphatic carbocycles. The van der Waals surface area contributed by atoms with Crippen molar-refractivity contribution in [3.8, 4) is 0 Å². The highest BCUT2D eigenvalue weighted by molar-refractivity contribution is 5.41. The lowest BCUT2D eigenvalue weighted by Crippen LogP contribution is -2.29. The normalized spacial score (nSPS) is 10.4. The number of hydrogen-bond donors (Lipinski definition) is 1. The first-order chi connectivity index (χ1) is 9.20. The van der Waals surface area contributed by atoms with Crippen molar-refractivity contribution in [1.29, 1.82) is 0 Å². The van der Waals surface area contributed by atoms with Crippen LogP contribution >= 0.6 is 0 Å². The van der Waals surface area contributed by atoms with Crippen LogP contribution in [0.1, 0.15) is 5.82 Å². The fourth-order valence-corrected chi connectivity index (χ4v) is 1.62. The van der Waals surface area contributed by atoms with Crippen molar-refractivity contribution in [2.24, 2.45) is 5.73 Å². The average Bonchev–Trinajstić information content (AvgIpc) is 2.42. The molecule has 0 saturated heterocycles. The van der Waals surface area contributed by atoms with Gasteiger partial charge in [-0.2, -0.15) is 5.10 Å².